The molecule has 0 aliphatic carbocycles. The van der Waals surface area contributed by atoms with Gasteiger partial charge in [0.1, 0.15) is 11.4 Å². The molecule has 1 radical (unpaired) electrons. The van der Waals surface area contributed by atoms with E-state index >= 15 is 0 Å². The molecule has 7 rings (SSSR count). The largest absolute Gasteiger partial charge is 0.516 e. The minimum atomic E-state index is -0.990. The molecule has 6 nitrogen and oxygen atoms in total. The van der Waals surface area contributed by atoms with E-state index in [-0.39, 0.29) is 36.6 Å². The Morgan fingerprint density at radius 3 is 2.04 bits per heavy atom. The van der Waals surface area contributed by atoms with Crippen molar-refractivity contribution >= 4 is 5.97 Å². The van der Waals surface area contributed by atoms with Crippen molar-refractivity contribution in [1.82, 2.24) is 15.0 Å². The van der Waals surface area contributed by atoms with Crippen LogP contribution < -0.4 is 4.74 Å². The van der Waals surface area contributed by atoms with E-state index in [0.717, 1.165) is 50.8 Å². The summed E-state index contributed by atoms with van der Waals surface area (Å²) < 4.78 is 6.63. The maximum absolute atomic E-state index is 10.1. The van der Waals surface area contributed by atoms with Gasteiger partial charge in [-0.3, -0.25) is 9.97 Å². The zero-order valence-electron chi connectivity index (χ0n) is 29.0. The standard InChI is InChI=1S/C37H34N2O.C6H5NO2.Ir/c1-35(2,3)26-18-20-31-28(23-26)37(33-16-10-11-22-38-33,29-24-27(36(4,5)6)19-21-32(29)40-31)34-17-12-15-30(39-34)25-13-8-7-9-14-25;8-6(9)5-3-1-2-4-7-5;/h7-13,15-23H,1-6H3;1-4H,(H,8,9);/q-2;;/t37-;;/m0../s1. The molecular weight excluding hydrogens is 799 g/mol. The summed E-state index contributed by atoms with van der Waals surface area (Å²) in [6.07, 6.45) is 3.31. The van der Waals surface area contributed by atoms with Crippen LogP contribution in [0, 0.1) is 12.1 Å². The molecule has 50 heavy (non-hydrogen) atoms. The van der Waals surface area contributed by atoms with E-state index in [1.165, 1.54) is 17.8 Å². The number of ether oxygens (including phenoxy) is 1. The van der Waals surface area contributed by atoms with E-state index in [1.54, 1.807) is 12.1 Å². The van der Waals surface area contributed by atoms with Crippen molar-refractivity contribution in [2.24, 2.45) is 0 Å². The molecule has 1 aliphatic rings. The Morgan fingerprint density at radius 1 is 0.740 bits per heavy atom. The van der Waals surface area contributed by atoms with E-state index in [1.807, 2.05) is 42.6 Å². The Morgan fingerprint density at radius 2 is 1.44 bits per heavy atom. The fraction of sp³-hybridized carbons (Fsp3) is 0.209. The number of hydrogen-bond donors (Lipinski definition) is 1. The molecule has 4 heterocycles. The molecule has 0 bridgehead atoms. The maximum Gasteiger partial charge on any atom is 0.354 e. The molecule has 1 aliphatic heterocycles. The summed E-state index contributed by atoms with van der Waals surface area (Å²) in [5, 5.41) is 8.32. The summed E-state index contributed by atoms with van der Waals surface area (Å²) in [4.78, 5) is 24.1. The molecule has 0 saturated heterocycles. The number of pyridine rings is 3. The third-order valence-corrected chi connectivity index (χ3v) is 8.61. The molecule has 0 saturated carbocycles. The van der Waals surface area contributed by atoms with E-state index in [0.29, 0.717) is 0 Å². The van der Waals surface area contributed by atoms with Gasteiger partial charge in [-0.15, -0.1) is 42.0 Å². The van der Waals surface area contributed by atoms with Gasteiger partial charge < -0.3 is 9.84 Å². The maximum atomic E-state index is 10.1. The topological polar surface area (TPSA) is 85.2 Å². The van der Waals surface area contributed by atoms with Crippen LogP contribution in [0.4, 0.5) is 0 Å². The van der Waals surface area contributed by atoms with Gasteiger partial charge in [0.15, 0.2) is 0 Å². The monoisotopic (exact) mass is 838 g/mol. The summed E-state index contributed by atoms with van der Waals surface area (Å²) in [7, 11) is 0. The fourth-order valence-corrected chi connectivity index (χ4v) is 6.00. The van der Waals surface area contributed by atoms with Gasteiger partial charge in [0.2, 0.25) is 0 Å². The van der Waals surface area contributed by atoms with Crippen molar-refractivity contribution in [1.29, 1.82) is 0 Å². The third kappa shape index (κ3) is 7.16. The SMILES string of the molecule is CC(C)(C)c1[c-]c2c(cc1)Oc1ccc(C(C)(C)C)cc1[C@]2(c1ccccn1)c1cccc(-c2[c-]cccc2)n1.O=C(O)c1ccccn1.[Ir]. The molecule has 0 unspecified atom stereocenters. The van der Waals surface area contributed by atoms with Gasteiger partial charge in [-0.2, -0.15) is 17.7 Å². The summed E-state index contributed by atoms with van der Waals surface area (Å²) in [6.45, 7) is 13.4. The van der Waals surface area contributed by atoms with Crippen LogP contribution in [0.25, 0.3) is 11.3 Å². The fourth-order valence-electron chi connectivity index (χ4n) is 6.00. The molecule has 3 aromatic heterocycles. The molecule has 0 spiro atoms. The molecule has 3 aromatic carbocycles. The van der Waals surface area contributed by atoms with E-state index in [2.05, 4.69) is 113 Å². The molecular formula is C43H39IrN3O3-2. The van der Waals surface area contributed by atoms with Crippen LogP contribution in [0.15, 0.2) is 122 Å². The number of benzene rings is 3. The number of carboxylic acids is 1. The Balaban J connectivity index is 0.000000425. The van der Waals surface area contributed by atoms with Crippen LogP contribution in [0.3, 0.4) is 0 Å². The molecule has 7 heteroatoms. The Labute approximate surface area is 308 Å². The molecule has 1 atom stereocenters. The molecule has 0 fully saturated rings. The van der Waals surface area contributed by atoms with Crippen LogP contribution in [0.2, 0.25) is 0 Å². The van der Waals surface area contributed by atoms with Crippen LogP contribution in [-0.4, -0.2) is 26.0 Å². The Hall–Kier alpha value is -4.97. The Bertz CT molecular complexity index is 2030. The summed E-state index contributed by atoms with van der Waals surface area (Å²) in [6, 6.07) is 43.0. The predicted molar refractivity (Wildman–Crippen MR) is 192 cm³/mol. The van der Waals surface area contributed by atoms with Crippen LogP contribution in [0.5, 0.6) is 11.5 Å². The second-order valence-electron chi connectivity index (χ2n) is 14.1. The number of rotatable bonds is 4. The summed E-state index contributed by atoms with van der Waals surface area (Å²) in [5.74, 6) is 0.588. The van der Waals surface area contributed by atoms with Gasteiger partial charge in [-0.05, 0) is 64.6 Å². The third-order valence-electron chi connectivity index (χ3n) is 8.61. The summed E-state index contributed by atoms with van der Waals surface area (Å²) in [5.41, 5.74) is 6.92. The number of carbonyl (C=O) groups is 1. The van der Waals surface area contributed by atoms with Crippen molar-refractivity contribution in [3.8, 4) is 22.8 Å². The number of fused-ring (bicyclic) bond motifs is 2. The first-order valence-corrected chi connectivity index (χ1v) is 16.3. The van der Waals surface area contributed by atoms with Crippen molar-refractivity contribution in [3.05, 3.63) is 173 Å². The van der Waals surface area contributed by atoms with Crippen LogP contribution in [-0.2, 0) is 36.4 Å². The van der Waals surface area contributed by atoms with Crippen molar-refractivity contribution in [3.63, 3.8) is 0 Å². The van der Waals surface area contributed by atoms with Gasteiger partial charge in [0, 0.05) is 49.5 Å². The van der Waals surface area contributed by atoms with Gasteiger partial charge in [-0.25, -0.2) is 9.78 Å². The first-order chi connectivity index (χ1) is 23.4. The number of aromatic carboxylic acids is 1. The van der Waals surface area contributed by atoms with Gasteiger partial charge in [0.25, 0.3) is 0 Å². The molecule has 0 amide bonds. The average Bonchev–Trinajstić information content (AvgIpc) is 3.11. The van der Waals surface area contributed by atoms with E-state index in [4.69, 9.17) is 19.8 Å². The number of nitrogens with zero attached hydrogens (tertiary/aromatic N) is 3. The first-order valence-electron chi connectivity index (χ1n) is 16.3. The summed E-state index contributed by atoms with van der Waals surface area (Å²) >= 11 is 0. The molecule has 6 aromatic rings. The van der Waals surface area contributed by atoms with Gasteiger partial charge >= 0.3 is 5.97 Å². The van der Waals surface area contributed by atoms with Crippen LogP contribution >= 0.6 is 0 Å². The predicted octanol–water partition coefficient (Wildman–Crippen LogP) is 9.60. The van der Waals surface area contributed by atoms with E-state index in [9.17, 15) is 4.79 Å². The number of hydrogen-bond acceptors (Lipinski definition) is 5. The quantitative estimate of drug-likeness (QED) is 0.178. The second kappa shape index (κ2) is 14.5. The van der Waals surface area contributed by atoms with E-state index < -0.39 is 11.4 Å². The average molecular weight is 838 g/mol. The van der Waals surface area contributed by atoms with Gasteiger partial charge in [0.05, 0.1) is 11.1 Å². The minimum Gasteiger partial charge on any atom is -0.516 e. The zero-order chi connectivity index (χ0) is 34.8. The van der Waals surface area contributed by atoms with Crippen molar-refractivity contribution in [2.75, 3.05) is 0 Å². The Kier molecular flexibility index (Phi) is 10.5. The molecule has 255 valence electrons. The van der Waals surface area contributed by atoms with Crippen molar-refractivity contribution in [2.45, 2.75) is 57.8 Å². The normalized spacial score (nSPS) is 14.8. The molecule has 1 N–H and O–H groups in total. The second-order valence-corrected chi connectivity index (χ2v) is 14.1. The van der Waals surface area contributed by atoms with Crippen molar-refractivity contribution < 1.29 is 34.7 Å². The number of carboxylic acid groups (broad SMARTS) is 1. The zero-order valence-corrected chi connectivity index (χ0v) is 31.4. The first kappa shape index (κ1) is 36.3. The minimum absolute atomic E-state index is 0. The van der Waals surface area contributed by atoms with Gasteiger partial charge in [-0.1, -0.05) is 77.4 Å². The smallest absolute Gasteiger partial charge is 0.354 e. The number of aromatic nitrogens is 3. The van der Waals surface area contributed by atoms with Crippen LogP contribution in [0.1, 0.15) is 85.7 Å².